The molecule has 1 fully saturated rings. The fourth-order valence-corrected chi connectivity index (χ4v) is 2.41. The minimum absolute atomic E-state index is 0.0145. The van der Waals surface area contributed by atoms with Gasteiger partial charge in [-0.25, -0.2) is 0 Å². The van der Waals surface area contributed by atoms with Gasteiger partial charge in [-0.1, -0.05) is 26.0 Å². The number of hydrogen-bond acceptors (Lipinski definition) is 2. The van der Waals surface area contributed by atoms with Gasteiger partial charge in [-0.05, 0) is 12.5 Å². The van der Waals surface area contributed by atoms with Gasteiger partial charge in [0.1, 0.15) is 5.75 Å². The summed E-state index contributed by atoms with van der Waals surface area (Å²) < 4.78 is 5.74. The monoisotopic (exact) mass is 231 g/mol. The van der Waals surface area contributed by atoms with E-state index in [1.807, 2.05) is 17.0 Å². The number of likely N-dealkylation sites (tertiary alicyclic amines) is 1. The van der Waals surface area contributed by atoms with E-state index in [0.717, 1.165) is 36.4 Å². The van der Waals surface area contributed by atoms with Gasteiger partial charge in [0.05, 0.1) is 12.2 Å². The summed E-state index contributed by atoms with van der Waals surface area (Å²) in [4.78, 5) is 14.1. The standard InChI is InChI=1S/C14H17NO2/c1-14(2)9-17-12-10(5-3-6-11(12)14)13(16)15-7-4-8-15/h3,5-6H,4,7-9H2,1-2H3. The van der Waals surface area contributed by atoms with E-state index < -0.39 is 0 Å². The van der Waals surface area contributed by atoms with E-state index in [9.17, 15) is 4.79 Å². The van der Waals surface area contributed by atoms with Crippen molar-refractivity contribution in [3.05, 3.63) is 29.3 Å². The van der Waals surface area contributed by atoms with E-state index >= 15 is 0 Å². The average molecular weight is 231 g/mol. The number of carbonyl (C=O) groups excluding carboxylic acids is 1. The van der Waals surface area contributed by atoms with Crippen LogP contribution in [0.3, 0.4) is 0 Å². The Hall–Kier alpha value is -1.51. The van der Waals surface area contributed by atoms with Gasteiger partial charge in [0.15, 0.2) is 0 Å². The molecule has 0 N–H and O–H groups in total. The summed E-state index contributed by atoms with van der Waals surface area (Å²) in [6.07, 6.45) is 1.12. The van der Waals surface area contributed by atoms with Gasteiger partial charge in [-0.3, -0.25) is 4.79 Å². The van der Waals surface area contributed by atoms with E-state index in [1.54, 1.807) is 0 Å². The zero-order valence-corrected chi connectivity index (χ0v) is 10.3. The van der Waals surface area contributed by atoms with Crippen molar-refractivity contribution in [1.82, 2.24) is 4.90 Å². The highest BCUT2D eigenvalue weighted by Crippen LogP contribution is 2.41. The molecule has 2 aliphatic rings. The smallest absolute Gasteiger partial charge is 0.257 e. The fourth-order valence-electron chi connectivity index (χ4n) is 2.41. The molecule has 0 spiro atoms. The highest BCUT2D eigenvalue weighted by atomic mass is 16.5. The van der Waals surface area contributed by atoms with Gasteiger partial charge in [-0.2, -0.15) is 0 Å². The number of para-hydroxylation sites is 1. The molecule has 2 aliphatic heterocycles. The third-order valence-electron chi connectivity index (χ3n) is 3.70. The molecular formula is C14H17NO2. The van der Waals surface area contributed by atoms with E-state index in [2.05, 4.69) is 19.9 Å². The van der Waals surface area contributed by atoms with Crippen LogP contribution < -0.4 is 4.74 Å². The van der Waals surface area contributed by atoms with Crippen molar-refractivity contribution in [2.75, 3.05) is 19.7 Å². The van der Waals surface area contributed by atoms with Crippen LogP contribution in [0.15, 0.2) is 18.2 Å². The average Bonchev–Trinajstić information content (AvgIpc) is 2.52. The molecular weight excluding hydrogens is 214 g/mol. The highest BCUT2D eigenvalue weighted by Gasteiger charge is 2.35. The summed E-state index contributed by atoms with van der Waals surface area (Å²) in [6, 6.07) is 5.90. The van der Waals surface area contributed by atoms with E-state index in [1.165, 1.54) is 0 Å². The first-order chi connectivity index (χ1) is 8.09. The lowest BCUT2D eigenvalue weighted by Crippen LogP contribution is -2.42. The van der Waals surface area contributed by atoms with Crippen molar-refractivity contribution in [2.45, 2.75) is 25.7 Å². The third-order valence-corrected chi connectivity index (χ3v) is 3.70. The number of carbonyl (C=O) groups is 1. The molecule has 0 unspecified atom stereocenters. The first-order valence-corrected chi connectivity index (χ1v) is 6.15. The van der Waals surface area contributed by atoms with Crippen molar-refractivity contribution in [3.63, 3.8) is 0 Å². The molecule has 1 aromatic rings. The van der Waals surface area contributed by atoms with Crippen molar-refractivity contribution >= 4 is 5.91 Å². The Kier molecular flexibility index (Phi) is 2.18. The fraction of sp³-hybridized carbons (Fsp3) is 0.500. The minimum atomic E-state index is 0.0145. The summed E-state index contributed by atoms with van der Waals surface area (Å²) in [6.45, 7) is 6.72. The lowest BCUT2D eigenvalue weighted by Gasteiger charge is -2.31. The zero-order valence-electron chi connectivity index (χ0n) is 10.3. The topological polar surface area (TPSA) is 29.5 Å². The first-order valence-electron chi connectivity index (χ1n) is 6.15. The molecule has 0 aliphatic carbocycles. The number of rotatable bonds is 1. The minimum Gasteiger partial charge on any atom is -0.492 e. The van der Waals surface area contributed by atoms with Crippen molar-refractivity contribution in [1.29, 1.82) is 0 Å². The maximum absolute atomic E-state index is 12.2. The van der Waals surface area contributed by atoms with Gasteiger partial charge in [-0.15, -0.1) is 0 Å². The van der Waals surface area contributed by atoms with Gasteiger partial charge < -0.3 is 9.64 Å². The van der Waals surface area contributed by atoms with Crippen molar-refractivity contribution in [3.8, 4) is 5.75 Å². The van der Waals surface area contributed by atoms with Gasteiger partial charge in [0, 0.05) is 24.1 Å². The number of nitrogens with zero attached hydrogens (tertiary/aromatic N) is 1. The van der Waals surface area contributed by atoms with Crippen LogP contribution in [0.1, 0.15) is 36.2 Å². The number of fused-ring (bicyclic) bond motifs is 1. The highest BCUT2D eigenvalue weighted by molar-refractivity contribution is 5.98. The molecule has 1 saturated heterocycles. The molecule has 17 heavy (non-hydrogen) atoms. The Balaban J connectivity index is 2.02. The molecule has 0 aromatic heterocycles. The van der Waals surface area contributed by atoms with E-state index in [4.69, 9.17) is 4.74 Å². The Morgan fingerprint density at radius 1 is 1.35 bits per heavy atom. The Labute approximate surface area is 101 Å². The molecule has 0 bridgehead atoms. The molecule has 3 nitrogen and oxygen atoms in total. The Morgan fingerprint density at radius 2 is 2.12 bits per heavy atom. The molecule has 0 radical (unpaired) electrons. The van der Waals surface area contributed by atoms with E-state index in [-0.39, 0.29) is 11.3 Å². The predicted octanol–water partition coefficient (Wildman–Crippen LogP) is 2.20. The summed E-state index contributed by atoms with van der Waals surface area (Å²) in [7, 11) is 0. The van der Waals surface area contributed by atoms with Crippen LogP contribution in [-0.2, 0) is 5.41 Å². The lowest BCUT2D eigenvalue weighted by atomic mass is 9.86. The normalized spacial score (nSPS) is 20.5. The van der Waals surface area contributed by atoms with Crippen LogP contribution in [-0.4, -0.2) is 30.5 Å². The second-order valence-corrected chi connectivity index (χ2v) is 5.50. The third kappa shape index (κ3) is 1.53. The van der Waals surface area contributed by atoms with Crippen LogP contribution in [0, 0.1) is 0 Å². The number of ether oxygens (including phenoxy) is 1. The van der Waals surface area contributed by atoms with Gasteiger partial charge in [0.25, 0.3) is 5.91 Å². The summed E-state index contributed by atoms with van der Waals surface area (Å²) in [5.74, 6) is 0.917. The lowest BCUT2D eigenvalue weighted by molar-refractivity contribution is 0.0648. The summed E-state index contributed by atoms with van der Waals surface area (Å²) in [5, 5.41) is 0. The maximum Gasteiger partial charge on any atom is 0.257 e. The van der Waals surface area contributed by atoms with Crippen molar-refractivity contribution < 1.29 is 9.53 Å². The predicted molar refractivity (Wildman–Crippen MR) is 65.5 cm³/mol. The zero-order chi connectivity index (χ0) is 12.0. The van der Waals surface area contributed by atoms with Crippen LogP contribution in [0.25, 0.3) is 0 Å². The molecule has 0 saturated carbocycles. The molecule has 3 heteroatoms. The number of amides is 1. The number of benzene rings is 1. The Bertz CT molecular complexity index is 475. The maximum atomic E-state index is 12.2. The Morgan fingerprint density at radius 3 is 2.76 bits per heavy atom. The number of hydrogen-bond donors (Lipinski definition) is 0. The molecule has 2 heterocycles. The largest absolute Gasteiger partial charge is 0.492 e. The van der Waals surface area contributed by atoms with Gasteiger partial charge in [0.2, 0.25) is 0 Å². The summed E-state index contributed by atoms with van der Waals surface area (Å²) in [5.41, 5.74) is 1.90. The van der Waals surface area contributed by atoms with Crippen LogP contribution in [0.4, 0.5) is 0 Å². The van der Waals surface area contributed by atoms with E-state index in [0.29, 0.717) is 6.61 Å². The molecule has 1 aromatic carbocycles. The molecule has 0 atom stereocenters. The van der Waals surface area contributed by atoms with Crippen LogP contribution in [0.5, 0.6) is 5.75 Å². The van der Waals surface area contributed by atoms with Crippen LogP contribution in [0.2, 0.25) is 0 Å². The molecule has 1 amide bonds. The van der Waals surface area contributed by atoms with Gasteiger partial charge >= 0.3 is 0 Å². The quantitative estimate of drug-likeness (QED) is 0.741. The van der Waals surface area contributed by atoms with Crippen LogP contribution >= 0.6 is 0 Å². The SMILES string of the molecule is CC1(C)COc2c(C(=O)N3CCC3)cccc21. The van der Waals surface area contributed by atoms with Crippen molar-refractivity contribution in [2.24, 2.45) is 0 Å². The molecule has 3 rings (SSSR count). The molecule has 90 valence electrons. The second kappa shape index (κ2) is 3.49. The first kappa shape index (κ1) is 10.6. The summed E-state index contributed by atoms with van der Waals surface area (Å²) >= 11 is 0. The second-order valence-electron chi connectivity index (χ2n) is 5.50.